The molecule has 1 N–H and O–H groups in total. The predicted molar refractivity (Wildman–Crippen MR) is 91.5 cm³/mol. The van der Waals surface area contributed by atoms with E-state index >= 15 is 0 Å². The molecule has 1 aromatic rings. The lowest BCUT2D eigenvalue weighted by atomic mass is 10.3. The zero-order valence-electron chi connectivity index (χ0n) is 13.6. The van der Waals surface area contributed by atoms with E-state index in [1.165, 1.54) is 11.8 Å². The summed E-state index contributed by atoms with van der Waals surface area (Å²) in [4.78, 5) is 11.6. The minimum atomic E-state index is -3.27. The van der Waals surface area contributed by atoms with Crippen molar-refractivity contribution in [3.63, 3.8) is 0 Å². The number of esters is 1. The molecule has 0 aliphatic rings. The first-order chi connectivity index (χ1) is 10.3. The van der Waals surface area contributed by atoms with Crippen LogP contribution in [0.2, 0.25) is 0 Å². The number of ether oxygens (including phenoxy) is 1. The summed E-state index contributed by atoms with van der Waals surface area (Å²) in [6.07, 6.45) is 1.63. The van der Waals surface area contributed by atoms with Gasteiger partial charge in [0, 0.05) is 0 Å². The van der Waals surface area contributed by atoms with E-state index in [1.807, 2.05) is 19.2 Å². The van der Waals surface area contributed by atoms with Crippen molar-refractivity contribution in [1.29, 1.82) is 0 Å². The van der Waals surface area contributed by atoms with Crippen LogP contribution in [0.25, 0.3) is 0 Å². The van der Waals surface area contributed by atoms with Crippen molar-refractivity contribution in [3.05, 3.63) is 30.3 Å². The van der Waals surface area contributed by atoms with Crippen LogP contribution in [0.5, 0.6) is 5.75 Å². The van der Waals surface area contributed by atoms with Crippen LogP contribution in [0.4, 0.5) is 0 Å². The molecule has 7 heteroatoms. The lowest BCUT2D eigenvalue weighted by molar-refractivity contribution is -0.149. The number of carbonyl (C=O) groups excluding carboxylic acids is 1. The summed E-state index contributed by atoms with van der Waals surface area (Å²) < 4.78 is 24.0. The Morgan fingerprint density at radius 1 is 1.18 bits per heavy atom. The molecule has 0 saturated carbocycles. The van der Waals surface area contributed by atoms with Crippen molar-refractivity contribution >= 4 is 25.3 Å². The minimum absolute atomic E-state index is 0.218. The van der Waals surface area contributed by atoms with E-state index in [9.17, 15) is 9.36 Å². The molecular formula is C15H24NO4PS. The van der Waals surface area contributed by atoms with Crippen LogP contribution in [-0.4, -0.2) is 29.4 Å². The minimum Gasteiger partial charge on any atom is -0.462 e. The van der Waals surface area contributed by atoms with Gasteiger partial charge in [0.25, 0.3) is 0 Å². The summed E-state index contributed by atoms with van der Waals surface area (Å²) in [7, 11) is -3.27. The fourth-order valence-electron chi connectivity index (χ4n) is 1.64. The van der Waals surface area contributed by atoms with Gasteiger partial charge in [-0.3, -0.25) is 9.36 Å². The molecule has 0 aliphatic carbocycles. The van der Waals surface area contributed by atoms with Crippen LogP contribution in [0.3, 0.4) is 0 Å². The molecule has 1 rings (SSSR count). The first-order valence-corrected chi connectivity index (χ1v) is 10.1. The van der Waals surface area contributed by atoms with E-state index in [0.717, 1.165) is 0 Å². The number of para-hydroxylation sites is 1. The molecule has 3 atom stereocenters. The maximum atomic E-state index is 13.2. The Bertz CT molecular complexity index is 524. The van der Waals surface area contributed by atoms with Crippen LogP contribution in [0.15, 0.2) is 30.3 Å². The van der Waals surface area contributed by atoms with Crippen LogP contribution in [-0.2, 0) is 14.1 Å². The molecule has 0 aliphatic heterocycles. The molecule has 0 amide bonds. The fourth-order valence-corrected chi connectivity index (χ4v) is 4.55. The summed E-state index contributed by atoms with van der Waals surface area (Å²) in [6, 6.07) is 8.22. The van der Waals surface area contributed by atoms with E-state index in [0.29, 0.717) is 5.75 Å². The maximum absolute atomic E-state index is 13.2. The number of benzene rings is 1. The monoisotopic (exact) mass is 345 g/mol. The molecule has 0 saturated heterocycles. The first kappa shape index (κ1) is 19.1. The second-order valence-electron chi connectivity index (χ2n) is 5.17. The van der Waals surface area contributed by atoms with Crippen LogP contribution < -0.4 is 9.61 Å². The van der Waals surface area contributed by atoms with E-state index < -0.39 is 19.5 Å². The predicted octanol–water partition coefficient (Wildman–Crippen LogP) is 3.90. The molecule has 0 radical (unpaired) electrons. The molecule has 0 spiro atoms. The molecule has 1 aromatic carbocycles. The molecule has 0 aromatic heterocycles. The summed E-state index contributed by atoms with van der Waals surface area (Å²) in [6.45, 7) is 6.98. The number of rotatable bonds is 8. The van der Waals surface area contributed by atoms with Crippen molar-refractivity contribution < 1.29 is 18.6 Å². The zero-order chi connectivity index (χ0) is 16.8. The summed E-state index contributed by atoms with van der Waals surface area (Å²) in [5, 5.41) is 2.84. The van der Waals surface area contributed by atoms with Gasteiger partial charge in [-0.2, -0.15) is 0 Å². The second kappa shape index (κ2) is 8.61. The zero-order valence-corrected chi connectivity index (χ0v) is 15.3. The van der Waals surface area contributed by atoms with E-state index in [2.05, 4.69) is 5.09 Å². The second-order valence-corrected chi connectivity index (χ2v) is 9.11. The molecule has 5 nitrogen and oxygen atoms in total. The van der Waals surface area contributed by atoms with Gasteiger partial charge in [0.2, 0.25) is 0 Å². The number of carbonyl (C=O) groups is 1. The van der Waals surface area contributed by atoms with E-state index in [1.54, 1.807) is 45.0 Å². The van der Waals surface area contributed by atoms with Crippen molar-refractivity contribution in [1.82, 2.24) is 5.09 Å². The molecular weight excluding hydrogens is 321 g/mol. The Kier molecular flexibility index (Phi) is 7.46. The molecule has 124 valence electrons. The Morgan fingerprint density at radius 2 is 1.77 bits per heavy atom. The Labute approximate surface area is 136 Å². The van der Waals surface area contributed by atoms with Gasteiger partial charge in [-0.1, -0.05) is 18.2 Å². The van der Waals surface area contributed by atoms with Crippen molar-refractivity contribution in [2.24, 2.45) is 0 Å². The van der Waals surface area contributed by atoms with Gasteiger partial charge in [-0.05, 0) is 46.1 Å². The van der Waals surface area contributed by atoms with Gasteiger partial charge in [-0.25, -0.2) is 5.09 Å². The van der Waals surface area contributed by atoms with Crippen LogP contribution in [0.1, 0.15) is 27.7 Å². The van der Waals surface area contributed by atoms with Gasteiger partial charge < -0.3 is 9.26 Å². The van der Waals surface area contributed by atoms with Crippen molar-refractivity contribution in [2.75, 3.05) is 6.26 Å². The third-order valence-corrected chi connectivity index (χ3v) is 7.22. The average molecular weight is 345 g/mol. The van der Waals surface area contributed by atoms with Crippen LogP contribution in [0, 0.1) is 0 Å². The lowest BCUT2D eigenvalue weighted by Crippen LogP contribution is -2.37. The molecule has 22 heavy (non-hydrogen) atoms. The van der Waals surface area contributed by atoms with E-state index in [-0.39, 0.29) is 11.1 Å². The third-order valence-electron chi connectivity index (χ3n) is 2.88. The highest BCUT2D eigenvalue weighted by molar-refractivity contribution is 8.05. The van der Waals surface area contributed by atoms with E-state index in [4.69, 9.17) is 9.26 Å². The topological polar surface area (TPSA) is 64.6 Å². The normalized spacial score (nSPS) is 16.6. The number of hydrogen-bond acceptors (Lipinski definition) is 5. The third kappa shape index (κ3) is 5.67. The molecule has 0 heterocycles. The molecule has 0 bridgehead atoms. The quantitative estimate of drug-likeness (QED) is 0.569. The Hall–Kier alpha value is -0.970. The highest BCUT2D eigenvalue weighted by Gasteiger charge is 2.36. The SMILES string of the molecule is CSC(C)P(=O)(N[C@@H](C)C(=O)OC(C)C)Oc1ccccc1. The summed E-state index contributed by atoms with van der Waals surface area (Å²) in [5.74, 6) is 0.0591. The number of thioether (sulfide) groups is 1. The first-order valence-electron chi connectivity index (χ1n) is 7.14. The Balaban J connectivity index is 2.88. The number of nitrogens with one attached hydrogen (secondary N) is 1. The van der Waals surface area contributed by atoms with Gasteiger partial charge in [0.1, 0.15) is 16.8 Å². The molecule has 0 fully saturated rings. The number of hydrogen-bond donors (Lipinski definition) is 1. The highest BCUT2D eigenvalue weighted by Crippen LogP contribution is 2.52. The Morgan fingerprint density at radius 3 is 2.27 bits per heavy atom. The van der Waals surface area contributed by atoms with Gasteiger partial charge in [0.05, 0.1) is 6.10 Å². The van der Waals surface area contributed by atoms with Gasteiger partial charge >= 0.3 is 13.5 Å². The van der Waals surface area contributed by atoms with Gasteiger partial charge in [-0.15, -0.1) is 11.8 Å². The standard InChI is InChI=1S/C15H24NO4PS/c1-11(2)19-15(17)12(3)16-21(18,13(4)22-5)20-14-9-7-6-8-10-14/h6-13H,1-5H3,(H,16,18)/t12-,13?,21?/m0/s1. The average Bonchev–Trinajstić information content (AvgIpc) is 2.46. The smallest absolute Gasteiger partial charge is 0.329 e. The fraction of sp³-hybridized carbons (Fsp3) is 0.533. The summed E-state index contributed by atoms with van der Waals surface area (Å²) in [5.41, 5.74) is 0. The lowest BCUT2D eigenvalue weighted by Gasteiger charge is -2.27. The van der Waals surface area contributed by atoms with Gasteiger partial charge in [0.15, 0.2) is 0 Å². The van der Waals surface area contributed by atoms with Crippen molar-refractivity contribution in [2.45, 2.75) is 44.8 Å². The molecule has 2 unspecified atom stereocenters. The van der Waals surface area contributed by atoms with Crippen LogP contribution >= 0.6 is 19.3 Å². The summed E-state index contributed by atoms with van der Waals surface area (Å²) >= 11 is 1.42. The highest BCUT2D eigenvalue weighted by atomic mass is 32.2. The van der Waals surface area contributed by atoms with Crippen molar-refractivity contribution in [3.8, 4) is 5.75 Å². The maximum Gasteiger partial charge on any atom is 0.329 e. The largest absolute Gasteiger partial charge is 0.462 e.